The Morgan fingerprint density at radius 1 is 1.50 bits per heavy atom. The Morgan fingerprint density at radius 2 is 2.25 bits per heavy atom. The van der Waals surface area contributed by atoms with Crippen molar-refractivity contribution in [3.8, 4) is 0 Å². The summed E-state index contributed by atoms with van der Waals surface area (Å²) in [5.41, 5.74) is 0.586. The third-order valence-corrected chi connectivity index (χ3v) is 4.32. The molecule has 110 valence electrons. The highest BCUT2D eigenvalue weighted by atomic mass is 32.1. The topological polar surface area (TPSA) is 79.5 Å². The fourth-order valence-corrected chi connectivity index (χ4v) is 3.18. The predicted octanol–water partition coefficient (Wildman–Crippen LogP) is 1.16. The second-order valence-corrected chi connectivity index (χ2v) is 5.79. The Morgan fingerprint density at radius 3 is 2.85 bits per heavy atom. The number of aryl methyl sites for hydroxylation is 1. The molecule has 1 unspecified atom stereocenters. The summed E-state index contributed by atoms with van der Waals surface area (Å²) in [7, 11) is 0. The zero-order chi connectivity index (χ0) is 14.7. The summed E-state index contributed by atoms with van der Waals surface area (Å²) in [5, 5.41) is 0. The SMILES string of the molecule is CCOC(=O)C1CCCN(C(=O)c2sc(=O)[nH]c2C)C1. The highest BCUT2D eigenvalue weighted by Gasteiger charge is 2.31. The van der Waals surface area contributed by atoms with E-state index in [0.29, 0.717) is 30.3 Å². The van der Waals surface area contributed by atoms with Gasteiger partial charge in [-0.15, -0.1) is 0 Å². The molecule has 7 heteroatoms. The lowest BCUT2D eigenvalue weighted by atomic mass is 9.98. The van der Waals surface area contributed by atoms with Gasteiger partial charge in [0.1, 0.15) is 4.88 Å². The third kappa shape index (κ3) is 3.09. The van der Waals surface area contributed by atoms with Crippen LogP contribution in [0.3, 0.4) is 0 Å². The van der Waals surface area contributed by atoms with Crippen molar-refractivity contribution >= 4 is 23.2 Å². The van der Waals surface area contributed by atoms with Crippen LogP contribution in [0.4, 0.5) is 0 Å². The number of amides is 1. The van der Waals surface area contributed by atoms with Crippen LogP contribution in [0.5, 0.6) is 0 Å². The van der Waals surface area contributed by atoms with Crippen LogP contribution in [0.1, 0.15) is 35.1 Å². The molecule has 2 heterocycles. The van der Waals surface area contributed by atoms with Crippen LogP contribution in [-0.4, -0.2) is 41.5 Å². The molecule has 0 aliphatic carbocycles. The van der Waals surface area contributed by atoms with E-state index in [1.807, 2.05) is 0 Å². The van der Waals surface area contributed by atoms with Gasteiger partial charge in [0.15, 0.2) is 0 Å². The van der Waals surface area contributed by atoms with Crippen LogP contribution in [0.2, 0.25) is 0 Å². The van der Waals surface area contributed by atoms with Gasteiger partial charge in [-0.3, -0.25) is 14.4 Å². The minimum absolute atomic E-state index is 0.181. The van der Waals surface area contributed by atoms with Crippen molar-refractivity contribution in [1.29, 1.82) is 0 Å². The number of hydrogen-bond acceptors (Lipinski definition) is 5. The smallest absolute Gasteiger partial charge is 0.310 e. The molecule has 0 aromatic carbocycles. The maximum Gasteiger partial charge on any atom is 0.310 e. The fraction of sp³-hybridized carbons (Fsp3) is 0.615. The molecular weight excluding hydrogens is 280 g/mol. The molecule has 0 spiro atoms. The second-order valence-electron chi connectivity index (χ2n) is 4.81. The first-order chi connectivity index (χ1) is 9.52. The maximum atomic E-state index is 12.4. The molecular formula is C13H18N2O4S. The molecule has 1 aliphatic heterocycles. The molecule has 2 rings (SSSR count). The lowest BCUT2D eigenvalue weighted by Crippen LogP contribution is -2.42. The number of H-pyrrole nitrogens is 1. The number of aromatic nitrogens is 1. The molecule has 0 bridgehead atoms. The van der Waals surface area contributed by atoms with E-state index in [-0.39, 0.29) is 22.7 Å². The van der Waals surface area contributed by atoms with Gasteiger partial charge in [-0.1, -0.05) is 11.3 Å². The number of piperidine rings is 1. The van der Waals surface area contributed by atoms with Gasteiger partial charge in [0, 0.05) is 18.8 Å². The summed E-state index contributed by atoms with van der Waals surface area (Å²) in [6, 6.07) is 0. The Kier molecular flexibility index (Phi) is 4.59. The summed E-state index contributed by atoms with van der Waals surface area (Å²) in [6.07, 6.45) is 1.51. The lowest BCUT2D eigenvalue weighted by Gasteiger charge is -2.31. The maximum absolute atomic E-state index is 12.4. The minimum Gasteiger partial charge on any atom is -0.466 e. The van der Waals surface area contributed by atoms with Crippen molar-refractivity contribution in [1.82, 2.24) is 9.88 Å². The van der Waals surface area contributed by atoms with Crippen molar-refractivity contribution < 1.29 is 14.3 Å². The van der Waals surface area contributed by atoms with E-state index in [1.54, 1.807) is 18.7 Å². The monoisotopic (exact) mass is 298 g/mol. The quantitative estimate of drug-likeness (QED) is 0.849. The van der Waals surface area contributed by atoms with Crippen molar-refractivity contribution in [3.05, 3.63) is 20.2 Å². The van der Waals surface area contributed by atoms with E-state index in [4.69, 9.17) is 4.74 Å². The number of nitrogens with one attached hydrogen (secondary N) is 1. The Labute approximate surface area is 120 Å². The van der Waals surface area contributed by atoms with E-state index in [9.17, 15) is 14.4 Å². The first kappa shape index (κ1) is 14.8. The summed E-state index contributed by atoms with van der Waals surface area (Å²) < 4.78 is 5.01. The van der Waals surface area contributed by atoms with Gasteiger partial charge >= 0.3 is 10.8 Å². The number of hydrogen-bond donors (Lipinski definition) is 1. The van der Waals surface area contributed by atoms with Crippen LogP contribution < -0.4 is 4.87 Å². The summed E-state index contributed by atoms with van der Waals surface area (Å²) in [6.45, 7) is 4.80. The number of rotatable bonds is 3. The van der Waals surface area contributed by atoms with Crippen LogP contribution in [-0.2, 0) is 9.53 Å². The molecule has 1 aromatic rings. The molecule has 0 saturated carbocycles. The van der Waals surface area contributed by atoms with Crippen molar-refractivity contribution in [2.24, 2.45) is 5.92 Å². The average molecular weight is 298 g/mol. The lowest BCUT2D eigenvalue weighted by molar-refractivity contribution is -0.149. The third-order valence-electron chi connectivity index (χ3n) is 3.35. The number of carbonyl (C=O) groups is 2. The largest absolute Gasteiger partial charge is 0.466 e. The van der Waals surface area contributed by atoms with Crippen LogP contribution in [0.15, 0.2) is 4.79 Å². The van der Waals surface area contributed by atoms with Crippen LogP contribution >= 0.6 is 11.3 Å². The highest BCUT2D eigenvalue weighted by molar-refractivity contribution is 7.11. The predicted molar refractivity (Wildman–Crippen MR) is 74.9 cm³/mol. The van der Waals surface area contributed by atoms with E-state index >= 15 is 0 Å². The van der Waals surface area contributed by atoms with Gasteiger partial charge in [0.2, 0.25) is 0 Å². The highest BCUT2D eigenvalue weighted by Crippen LogP contribution is 2.21. The van der Waals surface area contributed by atoms with Gasteiger partial charge < -0.3 is 14.6 Å². The standard InChI is InChI=1S/C13H18N2O4S/c1-3-19-12(17)9-5-4-6-15(7-9)11(16)10-8(2)14-13(18)20-10/h9H,3-7H2,1-2H3,(H,14,18). The van der Waals surface area contributed by atoms with Gasteiger partial charge in [-0.25, -0.2) is 0 Å². The Bertz CT molecular complexity index is 563. The molecule has 1 saturated heterocycles. The normalized spacial score (nSPS) is 18.9. The van der Waals surface area contributed by atoms with Crippen molar-refractivity contribution in [3.63, 3.8) is 0 Å². The van der Waals surface area contributed by atoms with E-state index in [2.05, 4.69) is 4.98 Å². The van der Waals surface area contributed by atoms with E-state index in [1.165, 1.54) is 0 Å². The number of esters is 1. The fourth-order valence-electron chi connectivity index (χ4n) is 2.37. The van der Waals surface area contributed by atoms with Gasteiger partial charge in [0.05, 0.1) is 12.5 Å². The first-order valence-corrected chi connectivity index (χ1v) is 7.50. The molecule has 1 atom stereocenters. The second kappa shape index (κ2) is 6.21. The van der Waals surface area contributed by atoms with Gasteiger partial charge in [-0.2, -0.15) is 0 Å². The molecule has 1 aromatic heterocycles. The number of ether oxygens (including phenoxy) is 1. The summed E-state index contributed by atoms with van der Waals surface area (Å²) in [4.78, 5) is 39.9. The number of thiazole rings is 1. The van der Waals surface area contributed by atoms with Crippen molar-refractivity contribution in [2.45, 2.75) is 26.7 Å². The number of carbonyl (C=O) groups excluding carboxylic acids is 2. The molecule has 0 radical (unpaired) electrons. The van der Waals surface area contributed by atoms with E-state index in [0.717, 1.165) is 24.2 Å². The molecule has 1 amide bonds. The molecule has 20 heavy (non-hydrogen) atoms. The number of aromatic amines is 1. The number of likely N-dealkylation sites (tertiary alicyclic amines) is 1. The average Bonchev–Trinajstić information content (AvgIpc) is 2.77. The summed E-state index contributed by atoms with van der Waals surface area (Å²) >= 11 is 0.918. The van der Waals surface area contributed by atoms with E-state index < -0.39 is 0 Å². The number of nitrogens with zero attached hydrogens (tertiary/aromatic N) is 1. The molecule has 1 fully saturated rings. The van der Waals surface area contributed by atoms with Crippen LogP contribution in [0, 0.1) is 12.8 Å². The zero-order valence-corrected chi connectivity index (χ0v) is 12.4. The summed E-state index contributed by atoms with van der Waals surface area (Å²) in [5.74, 6) is -0.688. The zero-order valence-electron chi connectivity index (χ0n) is 11.6. The first-order valence-electron chi connectivity index (χ1n) is 6.68. The minimum atomic E-state index is -0.261. The van der Waals surface area contributed by atoms with Crippen LogP contribution in [0.25, 0.3) is 0 Å². The molecule has 1 N–H and O–H groups in total. The van der Waals surface area contributed by atoms with Gasteiger partial charge in [0.25, 0.3) is 5.91 Å². The molecule has 6 nitrogen and oxygen atoms in total. The van der Waals surface area contributed by atoms with Crippen molar-refractivity contribution in [2.75, 3.05) is 19.7 Å². The Hall–Kier alpha value is -1.63. The molecule has 1 aliphatic rings. The van der Waals surface area contributed by atoms with Gasteiger partial charge in [-0.05, 0) is 26.7 Å². The Balaban J connectivity index is 2.09.